The van der Waals surface area contributed by atoms with E-state index in [4.69, 9.17) is 0 Å². The minimum absolute atomic E-state index is 0.231. The second-order valence-electron chi connectivity index (χ2n) is 3.95. The third kappa shape index (κ3) is 3.07. The first-order chi connectivity index (χ1) is 8.56. The van der Waals surface area contributed by atoms with Crippen LogP contribution in [0.2, 0.25) is 0 Å². The molecule has 0 radical (unpaired) electrons. The fourth-order valence-electron chi connectivity index (χ4n) is 1.59. The third-order valence-electron chi connectivity index (χ3n) is 2.45. The van der Waals surface area contributed by atoms with Crippen LogP contribution in [0.25, 0.3) is 0 Å². The van der Waals surface area contributed by atoms with Crippen LogP contribution in [0.4, 0.5) is 10.1 Å². The van der Waals surface area contributed by atoms with Crippen LogP contribution in [0.15, 0.2) is 42.5 Å². The minimum Gasteiger partial charge on any atom is -0.322 e. The Kier molecular flexibility index (Phi) is 3.96. The predicted octanol–water partition coefficient (Wildman–Crippen LogP) is 3.99. The maximum absolute atomic E-state index is 13.0. The maximum atomic E-state index is 13.0. The summed E-state index contributed by atoms with van der Waals surface area (Å²) in [5.74, 6) is -0.573. The average Bonchev–Trinajstić information content (AvgIpc) is 2.28. The lowest BCUT2D eigenvalue weighted by Crippen LogP contribution is -2.13. The summed E-state index contributed by atoms with van der Waals surface area (Å²) in [6, 6.07) is 11.6. The lowest BCUT2D eigenvalue weighted by molar-refractivity contribution is 0.102. The standard InChI is InChI=1S/C14H11FINO/c1-9-3-2-4-11(7-9)17-14(18)12-6-5-10(15)8-13(12)16/h2-8H,1H3,(H,17,18). The Morgan fingerprint density at radius 3 is 2.67 bits per heavy atom. The van der Waals surface area contributed by atoms with E-state index in [1.165, 1.54) is 18.2 Å². The summed E-state index contributed by atoms with van der Waals surface area (Å²) in [5, 5.41) is 2.79. The molecule has 18 heavy (non-hydrogen) atoms. The SMILES string of the molecule is Cc1cccc(NC(=O)c2ccc(F)cc2I)c1. The number of carbonyl (C=O) groups is 1. The first-order valence-corrected chi connectivity index (χ1v) is 6.47. The van der Waals surface area contributed by atoms with Crippen LogP contribution in [-0.2, 0) is 0 Å². The number of anilines is 1. The fourth-order valence-corrected chi connectivity index (χ4v) is 2.32. The molecule has 2 aromatic carbocycles. The molecule has 0 heterocycles. The van der Waals surface area contributed by atoms with E-state index in [2.05, 4.69) is 5.32 Å². The largest absolute Gasteiger partial charge is 0.322 e. The van der Waals surface area contributed by atoms with Crippen LogP contribution in [0.3, 0.4) is 0 Å². The first-order valence-electron chi connectivity index (χ1n) is 5.39. The topological polar surface area (TPSA) is 29.1 Å². The number of nitrogens with one attached hydrogen (secondary N) is 1. The molecule has 0 saturated heterocycles. The number of benzene rings is 2. The zero-order chi connectivity index (χ0) is 13.1. The second kappa shape index (κ2) is 5.48. The molecule has 0 aliphatic carbocycles. The number of amides is 1. The van der Waals surface area contributed by atoms with Crippen molar-refractivity contribution in [1.82, 2.24) is 0 Å². The first kappa shape index (κ1) is 13.0. The average molecular weight is 355 g/mol. The van der Waals surface area contributed by atoms with Crippen molar-refractivity contribution in [3.63, 3.8) is 0 Å². The molecule has 1 amide bonds. The van der Waals surface area contributed by atoms with Gasteiger partial charge >= 0.3 is 0 Å². The molecule has 0 fully saturated rings. The summed E-state index contributed by atoms with van der Waals surface area (Å²) in [5.41, 5.74) is 2.28. The van der Waals surface area contributed by atoms with E-state index in [0.29, 0.717) is 9.13 Å². The summed E-state index contributed by atoms with van der Waals surface area (Å²) in [6.45, 7) is 1.96. The monoisotopic (exact) mass is 355 g/mol. The molecule has 1 N–H and O–H groups in total. The van der Waals surface area contributed by atoms with Gasteiger partial charge in [0.2, 0.25) is 0 Å². The van der Waals surface area contributed by atoms with Gasteiger partial charge in [0.25, 0.3) is 5.91 Å². The minimum atomic E-state index is -0.341. The van der Waals surface area contributed by atoms with Gasteiger partial charge in [0.15, 0.2) is 0 Å². The van der Waals surface area contributed by atoms with Crippen molar-refractivity contribution in [3.8, 4) is 0 Å². The zero-order valence-electron chi connectivity index (χ0n) is 9.71. The molecular weight excluding hydrogens is 344 g/mol. The highest BCUT2D eigenvalue weighted by molar-refractivity contribution is 14.1. The molecule has 0 bridgehead atoms. The van der Waals surface area contributed by atoms with Gasteiger partial charge in [-0.3, -0.25) is 4.79 Å². The van der Waals surface area contributed by atoms with Crippen molar-refractivity contribution in [2.45, 2.75) is 6.92 Å². The van der Waals surface area contributed by atoms with Crippen molar-refractivity contribution in [2.75, 3.05) is 5.32 Å². The molecule has 0 aromatic heterocycles. The van der Waals surface area contributed by atoms with Crippen LogP contribution in [-0.4, -0.2) is 5.91 Å². The van der Waals surface area contributed by atoms with E-state index in [-0.39, 0.29) is 11.7 Å². The Bertz CT molecular complexity index is 598. The lowest BCUT2D eigenvalue weighted by Gasteiger charge is -2.07. The van der Waals surface area contributed by atoms with Gasteiger partial charge in [0, 0.05) is 9.26 Å². The molecule has 2 aromatic rings. The smallest absolute Gasteiger partial charge is 0.256 e. The van der Waals surface area contributed by atoms with Crippen LogP contribution >= 0.6 is 22.6 Å². The summed E-state index contributed by atoms with van der Waals surface area (Å²) < 4.78 is 13.5. The van der Waals surface area contributed by atoms with E-state index in [9.17, 15) is 9.18 Å². The zero-order valence-corrected chi connectivity index (χ0v) is 11.9. The van der Waals surface area contributed by atoms with Crippen molar-refractivity contribution >= 4 is 34.2 Å². The van der Waals surface area contributed by atoms with Crippen LogP contribution in [0, 0.1) is 16.3 Å². The van der Waals surface area contributed by atoms with Gasteiger partial charge in [-0.15, -0.1) is 0 Å². The highest BCUT2D eigenvalue weighted by atomic mass is 127. The molecule has 0 spiro atoms. The molecular formula is C14H11FINO. The summed E-state index contributed by atoms with van der Waals surface area (Å²) in [4.78, 5) is 12.0. The summed E-state index contributed by atoms with van der Waals surface area (Å²) in [7, 11) is 0. The molecule has 2 rings (SSSR count). The number of rotatable bonds is 2. The van der Waals surface area contributed by atoms with Crippen LogP contribution < -0.4 is 5.32 Å². The van der Waals surface area contributed by atoms with E-state index >= 15 is 0 Å². The van der Waals surface area contributed by atoms with E-state index in [1.807, 2.05) is 53.8 Å². The number of aryl methyl sites for hydroxylation is 1. The normalized spacial score (nSPS) is 10.2. The Morgan fingerprint density at radius 2 is 2.00 bits per heavy atom. The molecule has 92 valence electrons. The molecule has 2 nitrogen and oxygen atoms in total. The Morgan fingerprint density at radius 1 is 1.22 bits per heavy atom. The Hall–Kier alpha value is -1.43. The molecule has 0 unspecified atom stereocenters. The fraction of sp³-hybridized carbons (Fsp3) is 0.0714. The van der Waals surface area contributed by atoms with Crippen molar-refractivity contribution in [2.24, 2.45) is 0 Å². The quantitative estimate of drug-likeness (QED) is 0.811. The van der Waals surface area contributed by atoms with Crippen molar-refractivity contribution in [1.29, 1.82) is 0 Å². The lowest BCUT2D eigenvalue weighted by atomic mass is 10.2. The molecule has 0 saturated carbocycles. The number of hydrogen-bond donors (Lipinski definition) is 1. The highest BCUT2D eigenvalue weighted by Crippen LogP contribution is 2.16. The van der Waals surface area contributed by atoms with Gasteiger partial charge in [0.1, 0.15) is 5.82 Å². The predicted molar refractivity (Wildman–Crippen MR) is 78.2 cm³/mol. The van der Waals surface area contributed by atoms with Gasteiger partial charge < -0.3 is 5.32 Å². The van der Waals surface area contributed by atoms with Crippen molar-refractivity contribution in [3.05, 3.63) is 63.0 Å². The van der Waals surface area contributed by atoms with Gasteiger partial charge in [-0.1, -0.05) is 12.1 Å². The van der Waals surface area contributed by atoms with Crippen molar-refractivity contribution < 1.29 is 9.18 Å². The Balaban J connectivity index is 2.22. The summed E-state index contributed by atoms with van der Waals surface area (Å²) >= 11 is 1.95. The van der Waals surface area contributed by atoms with Gasteiger partial charge in [-0.25, -0.2) is 4.39 Å². The third-order valence-corrected chi connectivity index (χ3v) is 3.34. The number of hydrogen-bond acceptors (Lipinski definition) is 1. The van der Waals surface area contributed by atoms with Gasteiger partial charge in [0.05, 0.1) is 5.56 Å². The van der Waals surface area contributed by atoms with E-state index < -0.39 is 0 Å². The summed E-state index contributed by atoms with van der Waals surface area (Å²) in [6.07, 6.45) is 0. The maximum Gasteiger partial charge on any atom is 0.256 e. The Labute approximate surface area is 118 Å². The molecule has 0 aliphatic heterocycles. The second-order valence-corrected chi connectivity index (χ2v) is 5.11. The van der Waals surface area contributed by atoms with Crippen LogP contribution in [0.1, 0.15) is 15.9 Å². The van der Waals surface area contributed by atoms with Gasteiger partial charge in [-0.2, -0.15) is 0 Å². The van der Waals surface area contributed by atoms with E-state index in [1.54, 1.807) is 0 Å². The number of carbonyl (C=O) groups excluding carboxylic acids is 1. The molecule has 0 atom stereocenters. The molecule has 0 aliphatic rings. The highest BCUT2D eigenvalue weighted by Gasteiger charge is 2.10. The molecule has 4 heteroatoms. The van der Waals surface area contributed by atoms with E-state index in [0.717, 1.165) is 11.3 Å². The van der Waals surface area contributed by atoms with Gasteiger partial charge in [-0.05, 0) is 65.4 Å². The van der Waals surface area contributed by atoms with Crippen LogP contribution in [0.5, 0.6) is 0 Å². The number of halogens is 2.